The van der Waals surface area contributed by atoms with Crippen LogP contribution in [0.25, 0.3) is 10.4 Å². The van der Waals surface area contributed by atoms with Gasteiger partial charge in [-0.2, -0.15) is 0 Å². The lowest BCUT2D eigenvalue weighted by atomic mass is 10.1. The molecule has 1 rings (SSSR count). The minimum absolute atomic E-state index is 0.509. The van der Waals surface area contributed by atoms with Crippen molar-refractivity contribution in [3.05, 3.63) is 39.8 Å². The van der Waals surface area contributed by atoms with Crippen molar-refractivity contribution in [1.82, 2.24) is 0 Å². The minimum Gasteiger partial charge on any atom is -0.352 e. The van der Waals surface area contributed by atoms with E-state index in [0.717, 1.165) is 11.1 Å². The third kappa shape index (κ3) is 2.70. The maximum Gasteiger partial charge on any atom is 0.183 e. The van der Waals surface area contributed by atoms with Gasteiger partial charge in [0, 0.05) is 30.4 Å². The average molecular weight is 207 g/mol. The Hall–Kier alpha value is -1.55. The van der Waals surface area contributed by atoms with Crippen molar-refractivity contribution in [2.24, 2.45) is 5.11 Å². The van der Waals surface area contributed by atoms with Crippen molar-refractivity contribution in [2.45, 2.75) is 13.2 Å². The number of methoxy groups -OCH3 is 2. The highest BCUT2D eigenvalue weighted by Gasteiger charge is 2.12. The van der Waals surface area contributed by atoms with Gasteiger partial charge in [-0.25, -0.2) is 0 Å². The van der Waals surface area contributed by atoms with Crippen molar-refractivity contribution >= 4 is 5.69 Å². The molecule has 0 aromatic heterocycles. The zero-order chi connectivity index (χ0) is 11.3. The summed E-state index contributed by atoms with van der Waals surface area (Å²) in [6.07, 6.45) is -0.509. The van der Waals surface area contributed by atoms with Crippen LogP contribution in [0.2, 0.25) is 0 Å². The molecular formula is C10H13N3O2. The molecule has 0 aliphatic heterocycles. The normalized spacial score (nSPS) is 10.1. The Morgan fingerprint density at radius 1 is 1.33 bits per heavy atom. The fraction of sp³-hybridized carbons (Fsp3) is 0.400. The van der Waals surface area contributed by atoms with E-state index in [1.165, 1.54) is 14.2 Å². The van der Waals surface area contributed by atoms with Crippen molar-refractivity contribution in [3.8, 4) is 0 Å². The van der Waals surface area contributed by atoms with Crippen molar-refractivity contribution in [3.63, 3.8) is 0 Å². The van der Waals surface area contributed by atoms with Crippen LogP contribution >= 0.6 is 0 Å². The Morgan fingerprint density at radius 2 is 2.00 bits per heavy atom. The maximum absolute atomic E-state index is 8.42. The van der Waals surface area contributed by atoms with E-state index < -0.39 is 6.29 Å². The number of hydrogen-bond donors (Lipinski definition) is 0. The molecule has 80 valence electrons. The Morgan fingerprint density at radius 3 is 2.53 bits per heavy atom. The Balaban J connectivity index is 3.22. The molecule has 0 heterocycles. The predicted molar refractivity (Wildman–Crippen MR) is 56.7 cm³/mol. The monoisotopic (exact) mass is 207 g/mol. The van der Waals surface area contributed by atoms with E-state index in [1.807, 2.05) is 19.1 Å². The van der Waals surface area contributed by atoms with Crippen molar-refractivity contribution in [2.75, 3.05) is 14.2 Å². The van der Waals surface area contributed by atoms with Gasteiger partial charge in [0.25, 0.3) is 0 Å². The van der Waals surface area contributed by atoms with E-state index >= 15 is 0 Å². The van der Waals surface area contributed by atoms with E-state index in [9.17, 15) is 0 Å². The van der Waals surface area contributed by atoms with Crippen LogP contribution in [0.5, 0.6) is 0 Å². The molecular weight excluding hydrogens is 194 g/mol. The molecule has 0 aliphatic carbocycles. The first-order valence-corrected chi connectivity index (χ1v) is 4.44. The van der Waals surface area contributed by atoms with Gasteiger partial charge in [0.1, 0.15) is 0 Å². The number of hydrogen-bond acceptors (Lipinski definition) is 3. The molecule has 0 saturated heterocycles. The number of azide groups is 1. The number of aryl methyl sites for hydroxylation is 1. The minimum atomic E-state index is -0.509. The van der Waals surface area contributed by atoms with Crippen LogP contribution in [0.3, 0.4) is 0 Å². The molecule has 0 atom stereocenters. The van der Waals surface area contributed by atoms with Gasteiger partial charge in [0.2, 0.25) is 0 Å². The lowest BCUT2D eigenvalue weighted by molar-refractivity contribution is -0.105. The van der Waals surface area contributed by atoms with Crippen LogP contribution in [0, 0.1) is 6.92 Å². The summed E-state index contributed by atoms with van der Waals surface area (Å²) in [5, 5.41) is 3.59. The highest BCUT2D eigenvalue weighted by Crippen LogP contribution is 2.29. The predicted octanol–water partition coefficient (Wildman–Crippen LogP) is 3.23. The standard InChI is InChI=1S/C10H13N3O2/c1-7-4-5-9(12-13-11)8(6-7)10(14-2)15-3/h4-6,10H,1-3H3. The molecule has 0 N–H and O–H groups in total. The summed E-state index contributed by atoms with van der Waals surface area (Å²) in [6.45, 7) is 1.95. The van der Waals surface area contributed by atoms with E-state index in [4.69, 9.17) is 15.0 Å². The molecule has 0 unspecified atom stereocenters. The number of benzene rings is 1. The summed E-state index contributed by atoms with van der Waals surface area (Å²) in [5.74, 6) is 0. The fourth-order valence-corrected chi connectivity index (χ4v) is 1.35. The van der Waals surface area contributed by atoms with Gasteiger partial charge >= 0.3 is 0 Å². The highest BCUT2D eigenvalue weighted by atomic mass is 16.7. The molecule has 1 aromatic rings. The lowest BCUT2D eigenvalue weighted by Crippen LogP contribution is -2.04. The molecule has 0 saturated carbocycles. The molecule has 0 radical (unpaired) electrons. The van der Waals surface area contributed by atoms with Gasteiger partial charge in [0.05, 0.1) is 0 Å². The molecule has 1 aromatic carbocycles. The fourth-order valence-electron chi connectivity index (χ4n) is 1.35. The van der Waals surface area contributed by atoms with E-state index in [0.29, 0.717) is 5.69 Å². The summed E-state index contributed by atoms with van der Waals surface area (Å²) < 4.78 is 10.2. The summed E-state index contributed by atoms with van der Waals surface area (Å²) >= 11 is 0. The summed E-state index contributed by atoms with van der Waals surface area (Å²) in [6, 6.07) is 5.49. The van der Waals surface area contributed by atoms with Crippen LogP contribution in [-0.4, -0.2) is 14.2 Å². The molecule has 5 heteroatoms. The Kier molecular flexibility index (Phi) is 4.12. The summed E-state index contributed by atoms with van der Waals surface area (Å²) in [7, 11) is 3.08. The molecule has 0 fully saturated rings. The van der Waals surface area contributed by atoms with Gasteiger partial charge in [0.15, 0.2) is 6.29 Å². The second kappa shape index (κ2) is 5.36. The van der Waals surface area contributed by atoms with E-state index in [-0.39, 0.29) is 0 Å². The number of ether oxygens (including phenoxy) is 2. The van der Waals surface area contributed by atoms with E-state index in [2.05, 4.69) is 10.0 Å². The number of rotatable bonds is 4. The Labute approximate surface area is 88.3 Å². The summed E-state index contributed by atoms with van der Waals surface area (Å²) in [5.41, 5.74) is 10.7. The quantitative estimate of drug-likeness (QED) is 0.329. The van der Waals surface area contributed by atoms with Crippen molar-refractivity contribution < 1.29 is 9.47 Å². The third-order valence-electron chi connectivity index (χ3n) is 2.02. The van der Waals surface area contributed by atoms with Crippen LogP contribution < -0.4 is 0 Å². The zero-order valence-corrected chi connectivity index (χ0v) is 8.97. The molecule has 5 nitrogen and oxygen atoms in total. The van der Waals surface area contributed by atoms with E-state index in [1.54, 1.807) is 6.07 Å². The molecule has 0 spiro atoms. The average Bonchev–Trinajstić information content (AvgIpc) is 2.24. The lowest BCUT2D eigenvalue weighted by Gasteiger charge is -2.16. The van der Waals surface area contributed by atoms with Crippen molar-refractivity contribution in [1.29, 1.82) is 0 Å². The third-order valence-corrected chi connectivity index (χ3v) is 2.02. The molecule has 0 bridgehead atoms. The largest absolute Gasteiger partial charge is 0.352 e. The molecule has 15 heavy (non-hydrogen) atoms. The Bertz CT molecular complexity index is 382. The van der Waals surface area contributed by atoms with Gasteiger partial charge in [-0.3, -0.25) is 0 Å². The van der Waals surface area contributed by atoms with Crippen LogP contribution in [0.4, 0.5) is 5.69 Å². The van der Waals surface area contributed by atoms with Gasteiger partial charge in [-0.1, -0.05) is 28.9 Å². The topological polar surface area (TPSA) is 67.2 Å². The smallest absolute Gasteiger partial charge is 0.183 e. The second-order valence-electron chi connectivity index (χ2n) is 3.06. The first-order valence-electron chi connectivity index (χ1n) is 4.44. The van der Waals surface area contributed by atoms with Crippen LogP contribution in [0.1, 0.15) is 17.4 Å². The van der Waals surface area contributed by atoms with Crippen LogP contribution in [0.15, 0.2) is 23.3 Å². The highest BCUT2D eigenvalue weighted by molar-refractivity contribution is 5.48. The SMILES string of the molecule is COC(OC)c1cc(C)ccc1N=[N+]=[N-]. The van der Waals surface area contributed by atoms with Gasteiger partial charge < -0.3 is 9.47 Å². The number of nitrogens with zero attached hydrogens (tertiary/aromatic N) is 3. The van der Waals surface area contributed by atoms with Gasteiger partial charge in [-0.05, 0) is 12.5 Å². The molecule has 0 amide bonds. The zero-order valence-electron chi connectivity index (χ0n) is 8.97. The van der Waals surface area contributed by atoms with Gasteiger partial charge in [-0.15, -0.1) is 0 Å². The summed E-state index contributed by atoms with van der Waals surface area (Å²) in [4.78, 5) is 2.76. The first kappa shape index (κ1) is 11.5. The van der Waals surface area contributed by atoms with Crippen LogP contribution in [-0.2, 0) is 9.47 Å². The second-order valence-corrected chi connectivity index (χ2v) is 3.06. The molecule has 0 aliphatic rings. The maximum atomic E-state index is 8.42. The first-order chi connectivity index (χ1) is 7.22.